The van der Waals surface area contributed by atoms with Crippen LogP contribution < -0.4 is 5.32 Å². The van der Waals surface area contributed by atoms with Crippen LogP contribution in [0.2, 0.25) is 0 Å². The van der Waals surface area contributed by atoms with Crippen LogP contribution in [0.4, 0.5) is 0 Å². The fraction of sp³-hybridized carbons (Fsp3) is 0.714. The standard InChI is InChI=1S/C14H22N6O2S.ClH/c1-20-13(10-4-3-6-15-8-10)17-18-14(20)23-9-12-16-11(19-22-12)5-7-21-2;/h10,15H,3-9H2,1-2H3;1H. The Kier molecular flexibility index (Phi) is 7.47. The minimum Gasteiger partial charge on any atom is -0.384 e. The summed E-state index contributed by atoms with van der Waals surface area (Å²) in [5, 5.41) is 16.9. The zero-order valence-corrected chi connectivity index (χ0v) is 15.5. The highest BCUT2D eigenvalue weighted by molar-refractivity contribution is 7.98. The molecule has 2 aromatic heterocycles. The Morgan fingerprint density at radius 2 is 2.29 bits per heavy atom. The van der Waals surface area contributed by atoms with E-state index in [1.165, 1.54) is 6.42 Å². The van der Waals surface area contributed by atoms with Crippen molar-refractivity contribution in [2.75, 3.05) is 26.8 Å². The van der Waals surface area contributed by atoms with Crippen LogP contribution in [0.15, 0.2) is 9.68 Å². The second kappa shape index (κ2) is 9.36. The molecule has 3 rings (SSSR count). The normalized spacial score (nSPS) is 17.7. The summed E-state index contributed by atoms with van der Waals surface area (Å²) in [6, 6.07) is 0. The minimum absolute atomic E-state index is 0. The van der Waals surface area contributed by atoms with Crippen LogP contribution in [-0.4, -0.2) is 51.7 Å². The molecule has 1 atom stereocenters. The van der Waals surface area contributed by atoms with Crippen molar-refractivity contribution in [1.82, 2.24) is 30.2 Å². The number of methoxy groups -OCH3 is 1. The highest BCUT2D eigenvalue weighted by Gasteiger charge is 2.22. The van der Waals surface area contributed by atoms with Gasteiger partial charge in [-0.1, -0.05) is 16.9 Å². The van der Waals surface area contributed by atoms with Gasteiger partial charge in [0.1, 0.15) is 5.82 Å². The van der Waals surface area contributed by atoms with Crippen molar-refractivity contribution in [2.45, 2.75) is 36.1 Å². The number of hydrogen-bond donors (Lipinski definition) is 1. The number of rotatable bonds is 7. The van der Waals surface area contributed by atoms with Gasteiger partial charge in [0.05, 0.1) is 12.4 Å². The summed E-state index contributed by atoms with van der Waals surface area (Å²) in [5.74, 6) is 3.36. The zero-order chi connectivity index (χ0) is 16.1. The summed E-state index contributed by atoms with van der Waals surface area (Å²) in [7, 11) is 3.68. The maximum absolute atomic E-state index is 5.24. The average Bonchev–Trinajstić information content (AvgIpc) is 3.18. The van der Waals surface area contributed by atoms with Crippen LogP contribution in [0, 0.1) is 0 Å². The van der Waals surface area contributed by atoms with Crippen molar-refractivity contribution < 1.29 is 9.26 Å². The van der Waals surface area contributed by atoms with Gasteiger partial charge in [0.2, 0.25) is 5.89 Å². The minimum atomic E-state index is 0. The number of nitrogens with one attached hydrogen (secondary N) is 1. The molecule has 0 bridgehead atoms. The Morgan fingerprint density at radius 1 is 1.42 bits per heavy atom. The maximum atomic E-state index is 5.24. The molecule has 0 radical (unpaired) electrons. The molecule has 1 aliphatic rings. The fourth-order valence-corrected chi connectivity index (χ4v) is 3.41. The van der Waals surface area contributed by atoms with E-state index in [0.29, 0.717) is 36.4 Å². The molecule has 1 fully saturated rings. The summed E-state index contributed by atoms with van der Waals surface area (Å²) in [6.45, 7) is 2.66. The molecule has 0 saturated carbocycles. The molecular weight excluding hydrogens is 352 g/mol. The molecule has 0 aliphatic carbocycles. The van der Waals surface area contributed by atoms with Gasteiger partial charge < -0.3 is 19.1 Å². The van der Waals surface area contributed by atoms with E-state index in [2.05, 4.69) is 30.2 Å². The van der Waals surface area contributed by atoms with Gasteiger partial charge in [0.25, 0.3) is 0 Å². The second-order valence-corrected chi connectivity index (χ2v) is 6.52. The Balaban J connectivity index is 0.00000208. The number of nitrogens with zero attached hydrogens (tertiary/aromatic N) is 5. The number of ether oxygens (including phenoxy) is 1. The Hall–Kier alpha value is -1.16. The van der Waals surface area contributed by atoms with Crippen molar-refractivity contribution in [3.63, 3.8) is 0 Å². The number of piperidine rings is 1. The first-order valence-corrected chi connectivity index (χ1v) is 8.79. The highest BCUT2D eigenvalue weighted by Crippen LogP contribution is 2.26. The lowest BCUT2D eigenvalue weighted by molar-refractivity contribution is 0.199. The Morgan fingerprint density at radius 3 is 3.04 bits per heavy atom. The number of aromatic nitrogens is 5. The lowest BCUT2D eigenvalue weighted by Crippen LogP contribution is -2.29. The van der Waals surface area contributed by atoms with Crippen molar-refractivity contribution in [3.8, 4) is 0 Å². The molecule has 1 N–H and O–H groups in total. The van der Waals surface area contributed by atoms with E-state index in [9.17, 15) is 0 Å². The van der Waals surface area contributed by atoms with Crippen LogP contribution in [0.25, 0.3) is 0 Å². The van der Waals surface area contributed by atoms with Crippen molar-refractivity contribution in [3.05, 3.63) is 17.5 Å². The quantitative estimate of drug-likeness (QED) is 0.730. The molecule has 3 heterocycles. The predicted octanol–water partition coefficient (Wildman–Crippen LogP) is 1.57. The summed E-state index contributed by atoms with van der Waals surface area (Å²) >= 11 is 1.56. The van der Waals surface area contributed by atoms with Gasteiger partial charge in [-0.2, -0.15) is 4.98 Å². The van der Waals surface area contributed by atoms with Gasteiger partial charge >= 0.3 is 0 Å². The molecular formula is C14H23ClN6O2S. The summed E-state index contributed by atoms with van der Waals surface area (Å²) < 4.78 is 12.3. The first kappa shape index (κ1) is 19.2. The summed E-state index contributed by atoms with van der Waals surface area (Å²) in [4.78, 5) is 4.34. The van der Waals surface area contributed by atoms with E-state index in [1.54, 1.807) is 18.9 Å². The van der Waals surface area contributed by atoms with E-state index in [-0.39, 0.29) is 12.4 Å². The van der Waals surface area contributed by atoms with Crippen LogP contribution in [0.5, 0.6) is 0 Å². The van der Waals surface area contributed by atoms with Crippen molar-refractivity contribution >= 4 is 24.2 Å². The smallest absolute Gasteiger partial charge is 0.237 e. The summed E-state index contributed by atoms with van der Waals surface area (Å²) in [5.41, 5.74) is 0. The maximum Gasteiger partial charge on any atom is 0.237 e. The van der Waals surface area contributed by atoms with Crippen LogP contribution in [0.1, 0.15) is 36.3 Å². The third-order valence-electron chi connectivity index (χ3n) is 3.90. The van der Waals surface area contributed by atoms with E-state index in [1.807, 2.05) is 7.05 Å². The third kappa shape index (κ3) is 4.69. The topological polar surface area (TPSA) is 90.9 Å². The Labute approximate surface area is 151 Å². The van der Waals surface area contributed by atoms with Gasteiger partial charge in [-0.25, -0.2) is 0 Å². The van der Waals surface area contributed by atoms with Gasteiger partial charge in [0, 0.05) is 33.0 Å². The second-order valence-electron chi connectivity index (χ2n) is 5.58. The SMILES string of the molecule is COCCc1noc(CSc2nnc(C3CCCNC3)n2C)n1.Cl. The van der Waals surface area contributed by atoms with Crippen LogP contribution in [0.3, 0.4) is 0 Å². The van der Waals surface area contributed by atoms with E-state index >= 15 is 0 Å². The molecule has 24 heavy (non-hydrogen) atoms. The largest absolute Gasteiger partial charge is 0.384 e. The third-order valence-corrected chi connectivity index (χ3v) is 4.90. The van der Waals surface area contributed by atoms with E-state index in [0.717, 1.165) is 30.5 Å². The number of hydrogen-bond acceptors (Lipinski definition) is 8. The molecule has 0 amide bonds. The van der Waals surface area contributed by atoms with E-state index < -0.39 is 0 Å². The van der Waals surface area contributed by atoms with Gasteiger partial charge in [-0.15, -0.1) is 22.6 Å². The molecule has 134 valence electrons. The number of halogens is 1. The average molecular weight is 375 g/mol. The highest BCUT2D eigenvalue weighted by atomic mass is 35.5. The molecule has 1 unspecified atom stereocenters. The first-order chi connectivity index (χ1) is 11.3. The lowest BCUT2D eigenvalue weighted by atomic mass is 9.99. The summed E-state index contributed by atoms with van der Waals surface area (Å²) in [6.07, 6.45) is 3.01. The molecule has 1 aliphatic heterocycles. The van der Waals surface area contributed by atoms with E-state index in [4.69, 9.17) is 9.26 Å². The first-order valence-electron chi connectivity index (χ1n) is 7.81. The molecule has 0 aromatic carbocycles. The Bertz CT molecular complexity index is 629. The van der Waals surface area contributed by atoms with Crippen LogP contribution in [-0.2, 0) is 24.0 Å². The lowest BCUT2D eigenvalue weighted by Gasteiger charge is -2.21. The fourth-order valence-electron chi connectivity index (χ4n) is 2.65. The van der Waals surface area contributed by atoms with Crippen molar-refractivity contribution in [1.29, 1.82) is 0 Å². The molecule has 10 heteroatoms. The monoisotopic (exact) mass is 374 g/mol. The van der Waals surface area contributed by atoms with Gasteiger partial charge in [-0.3, -0.25) is 0 Å². The molecule has 0 spiro atoms. The molecule has 1 saturated heterocycles. The molecule has 8 nitrogen and oxygen atoms in total. The zero-order valence-electron chi connectivity index (χ0n) is 13.9. The number of thioether (sulfide) groups is 1. The predicted molar refractivity (Wildman–Crippen MR) is 92.5 cm³/mol. The van der Waals surface area contributed by atoms with Gasteiger partial charge in [-0.05, 0) is 19.4 Å². The van der Waals surface area contributed by atoms with Crippen LogP contribution >= 0.6 is 24.2 Å². The molecule has 2 aromatic rings. The van der Waals surface area contributed by atoms with Gasteiger partial charge in [0.15, 0.2) is 11.0 Å². The van der Waals surface area contributed by atoms with Crippen molar-refractivity contribution in [2.24, 2.45) is 7.05 Å².